The van der Waals surface area contributed by atoms with Gasteiger partial charge in [0.2, 0.25) is 0 Å². The van der Waals surface area contributed by atoms with E-state index in [-0.39, 0.29) is 11.6 Å². The van der Waals surface area contributed by atoms with Crippen molar-refractivity contribution >= 4 is 17.2 Å². The summed E-state index contributed by atoms with van der Waals surface area (Å²) in [4.78, 5) is 18.6. The summed E-state index contributed by atoms with van der Waals surface area (Å²) in [6.07, 6.45) is 12.6. The Balaban J connectivity index is 1.69. The van der Waals surface area contributed by atoms with Gasteiger partial charge >= 0.3 is 0 Å². The van der Waals surface area contributed by atoms with Crippen LogP contribution in [0.2, 0.25) is 0 Å². The van der Waals surface area contributed by atoms with Crippen LogP contribution in [0, 0.1) is 6.92 Å². The molecule has 5 rings (SSSR count). The molecule has 0 radical (unpaired) electrons. The van der Waals surface area contributed by atoms with Crippen molar-refractivity contribution in [1.29, 1.82) is 0 Å². The number of hydrogen-bond donors (Lipinski definition) is 0. The minimum Gasteiger partial charge on any atom is -0.334 e. The predicted molar refractivity (Wildman–Crippen MR) is 122 cm³/mol. The van der Waals surface area contributed by atoms with Gasteiger partial charge in [0, 0.05) is 36.1 Å². The predicted octanol–water partition coefficient (Wildman–Crippen LogP) is 5.39. The van der Waals surface area contributed by atoms with Crippen LogP contribution in [0.15, 0.2) is 61.1 Å². The molecule has 5 heteroatoms. The maximum absolute atomic E-state index is 4.98. The molecule has 3 aromatic rings. The van der Waals surface area contributed by atoms with Gasteiger partial charge in [0.15, 0.2) is 11.6 Å². The number of rotatable bonds is 3. The summed E-state index contributed by atoms with van der Waals surface area (Å²) in [5.74, 6) is 1.70. The Morgan fingerprint density at radius 3 is 2.60 bits per heavy atom. The Morgan fingerprint density at radius 2 is 1.83 bits per heavy atom. The first-order chi connectivity index (χ1) is 14.6. The van der Waals surface area contributed by atoms with Crippen LogP contribution in [0.4, 0.5) is 17.2 Å². The van der Waals surface area contributed by atoms with Crippen LogP contribution >= 0.6 is 0 Å². The van der Waals surface area contributed by atoms with E-state index in [4.69, 9.17) is 9.97 Å². The molecular formula is C25H27N5. The molecule has 0 bridgehead atoms. The molecule has 0 spiro atoms. The van der Waals surface area contributed by atoms with Gasteiger partial charge in [-0.15, -0.1) is 0 Å². The third-order valence-electron chi connectivity index (χ3n) is 6.82. The molecule has 0 N–H and O–H groups in total. The topological polar surface area (TPSA) is 45.2 Å². The number of para-hydroxylation sites is 1. The van der Waals surface area contributed by atoms with Crippen molar-refractivity contribution in [1.82, 2.24) is 15.0 Å². The fraction of sp³-hybridized carbons (Fsp3) is 0.320. The molecule has 2 aliphatic heterocycles. The second kappa shape index (κ2) is 6.94. The van der Waals surface area contributed by atoms with Crippen LogP contribution in [0.25, 0.3) is 11.4 Å². The number of benzene rings is 1. The molecule has 1 aromatic carbocycles. The average molecular weight is 398 g/mol. The molecule has 1 unspecified atom stereocenters. The normalized spacial score (nSPS) is 18.6. The number of nitrogens with zero attached hydrogens (tertiary/aromatic N) is 5. The first-order valence-corrected chi connectivity index (χ1v) is 10.7. The Kier molecular flexibility index (Phi) is 4.35. The Labute approximate surface area is 178 Å². The van der Waals surface area contributed by atoms with E-state index in [0.717, 1.165) is 41.3 Å². The number of hydrogen-bond acceptors (Lipinski definition) is 5. The largest absolute Gasteiger partial charge is 0.334 e. The smallest absolute Gasteiger partial charge is 0.162 e. The SMILES string of the molecule is CCC1(CC)C=CC2N(C)c3nc(-c4ccncc4C)ncc3N2c2ccccc21. The summed E-state index contributed by atoms with van der Waals surface area (Å²) in [7, 11) is 2.12. The zero-order chi connectivity index (χ0) is 20.9. The summed E-state index contributed by atoms with van der Waals surface area (Å²) in [5, 5.41) is 0. The molecule has 0 saturated heterocycles. The number of aromatic nitrogens is 3. The van der Waals surface area contributed by atoms with Gasteiger partial charge in [0.05, 0.1) is 6.20 Å². The van der Waals surface area contributed by atoms with E-state index in [0.29, 0.717) is 0 Å². The highest BCUT2D eigenvalue weighted by atomic mass is 15.4. The lowest BCUT2D eigenvalue weighted by Crippen LogP contribution is -2.36. The molecule has 0 amide bonds. The maximum Gasteiger partial charge on any atom is 0.162 e. The van der Waals surface area contributed by atoms with Crippen LogP contribution in [-0.4, -0.2) is 28.2 Å². The van der Waals surface area contributed by atoms with Crippen LogP contribution < -0.4 is 9.80 Å². The monoisotopic (exact) mass is 397 g/mol. The molecule has 4 heterocycles. The number of allylic oxidation sites excluding steroid dienone is 1. The van der Waals surface area contributed by atoms with Crippen molar-refractivity contribution < 1.29 is 0 Å². The highest BCUT2D eigenvalue weighted by molar-refractivity contribution is 5.84. The maximum atomic E-state index is 4.98. The summed E-state index contributed by atoms with van der Waals surface area (Å²) in [5.41, 5.74) is 5.83. The third-order valence-corrected chi connectivity index (χ3v) is 6.82. The molecule has 30 heavy (non-hydrogen) atoms. The van der Waals surface area contributed by atoms with Gasteiger partial charge in [-0.1, -0.05) is 38.1 Å². The second-order valence-corrected chi connectivity index (χ2v) is 8.23. The van der Waals surface area contributed by atoms with E-state index < -0.39 is 0 Å². The first kappa shape index (κ1) is 18.8. The molecule has 5 nitrogen and oxygen atoms in total. The van der Waals surface area contributed by atoms with Gasteiger partial charge < -0.3 is 9.80 Å². The summed E-state index contributed by atoms with van der Waals surface area (Å²) >= 11 is 0. The highest BCUT2D eigenvalue weighted by Gasteiger charge is 2.41. The fourth-order valence-electron chi connectivity index (χ4n) is 4.91. The van der Waals surface area contributed by atoms with Crippen LogP contribution in [0.3, 0.4) is 0 Å². The van der Waals surface area contributed by atoms with Crippen LogP contribution in [0.5, 0.6) is 0 Å². The van der Waals surface area contributed by atoms with Crippen molar-refractivity contribution in [2.75, 3.05) is 16.8 Å². The van der Waals surface area contributed by atoms with E-state index in [1.54, 1.807) is 6.20 Å². The number of fused-ring (bicyclic) bond motifs is 5. The lowest BCUT2D eigenvalue weighted by Gasteiger charge is -2.32. The van der Waals surface area contributed by atoms with E-state index >= 15 is 0 Å². The van der Waals surface area contributed by atoms with Gasteiger partial charge in [-0.3, -0.25) is 4.98 Å². The molecule has 2 aromatic heterocycles. The highest BCUT2D eigenvalue weighted by Crippen LogP contribution is 2.50. The zero-order valence-corrected chi connectivity index (χ0v) is 18.0. The summed E-state index contributed by atoms with van der Waals surface area (Å²) in [6, 6.07) is 10.8. The molecule has 0 saturated carbocycles. The molecule has 152 valence electrons. The Bertz CT molecular complexity index is 1130. The van der Waals surface area contributed by atoms with Crippen LogP contribution in [-0.2, 0) is 5.41 Å². The van der Waals surface area contributed by atoms with Crippen LogP contribution in [0.1, 0.15) is 37.8 Å². The van der Waals surface area contributed by atoms with Crippen molar-refractivity contribution in [3.05, 3.63) is 72.2 Å². The van der Waals surface area contributed by atoms with Gasteiger partial charge in [0.25, 0.3) is 0 Å². The van der Waals surface area contributed by atoms with Crippen molar-refractivity contribution in [3.8, 4) is 11.4 Å². The van der Waals surface area contributed by atoms with E-state index in [1.165, 1.54) is 11.3 Å². The average Bonchev–Trinajstić information content (AvgIpc) is 2.97. The van der Waals surface area contributed by atoms with Crippen molar-refractivity contribution in [3.63, 3.8) is 0 Å². The third kappa shape index (κ3) is 2.58. The fourth-order valence-corrected chi connectivity index (χ4v) is 4.91. The minimum absolute atomic E-state index is 0.0525. The van der Waals surface area contributed by atoms with Crippen molar-refractivity contribution in [2.45, 2.75) is 45.2 Å². The summed E-state index contributed by atoms with van der Waals surface area (Å²) in [6.45, 7) is 6.61. The lowest BCUT2D eigenvalue weighted by atomic mass is 9.75. The lowest BCUT2D eigenvalue weighted by molar-refractivity contribution is 0.499. The van der Waals surface area contributed by atoms with Crippen molar-refractivity contribution in [2.24, 2.45) is 0 Å². The Hall–Kier alpha value is -3.21. The molecule has 0 aliphatic carbocycles. The molecule has 1 atom stereocenters. The number of likely N-dealkylation sites (N-methyl/N-ethyl adjacent to an activating group) is 1. The molecular weight excluding hydrogens is 370 g/mol. The summed E-state index contributed by atoms with van der Waals surface area (Å²) < 4.78 is 0. The minimum atomic E-state index is 0.0525. The van der Waals surface area contributed by atoms with E-state index in [1.807, 2.05) is 25.4 Å². The molecule has 2 aliphatic rings. The first-order valence-electron chi connectivity index (χ1n) is 10.7. The van der Waals surface area contributed by atoms with E-state index in [9.17, 15) is 0 Å². The van der Waals surface area contributed by atoms with Gasteiger partial charge in [-0.25, -0.2) is 9.97 Å². The quantitative estimate of drug-likeness (QED) is 0.555. The van der Waals surface area contributed by atoms with E-state index in [2.05, 4.69) is 72.1 Å². The number of pyridine rings is 1. The Morgan fingerprint density at radius 1 is 1.03 bits per heavy atom. The number of anilines is 3. The zero-order valence-electron chi connectivity index (χ0n) is 18.0. The standard InChI is InChI=1S/C25H27N5/c1-5-25(6-2)13-11-22-29(4)24-21(30(22)20-10-8-7-9-19(20)25)16-27-23(28-24)18-12-14-26-15-17(18)3/h7-16,22H,5-6H2,1-4H3. The van der Waals surface area contributed by atoms with Gasteiger partial charge in [-0.2, -0.15) is 0 Å². The molecule has 0 fully saturated rings. The van der Waals surface area contributed by atoms with Gasteiger partial charge in [0.1, 0.15) is 11.9 Å². The second-order valence-electron chi connectivity index (χ2n) is 8.23. The van der Waals surface area contributed by atoms with Gasteiger partial charge in [-0.05, 0) is 49.1 Å². The number of aryl methyl sites for hydroxylation is 1.